The highest BCUT2D eigenvalue weighted by molar-refractivity contribution is 5.94. The number of carboxylic acid groups (broad SMARTS) is 1. The highest BCUT2D eigenvalue weighted by Crippen LogP contribution is 2.18. The van der Waals surface area contributed by atoms with Crippen LogP contribution >= 0.6 is 0 Å². The topological polar surface area (TPSA) is 89.6 Å². The Morgan fingerprint density at radius 2 is 1.55 bits per heavy atom. The summed E-state index contributed by atoms with van der Waals surface area (Å²) in [6.45, 7) is 7.31. The summed E-state index contributed by atoms with van der Waals surface area (Å²) in [7, 11) is 0. The van der Waals surface area contributed by atoms with Crippen LogP contribution in [0.1, 0.15) is 79.1 Å². The molecule has 5 nitrogen and oxygen atoms in total. The van der Waals surface area contributed by atoms with Gasteiger partial charge in [-0.05, 0) is 40.0 Å². The normalized spacial score (nSPS) is 14.4. The fraction of sp³-hybridized carbons (Fsp3) is 0.882. The Hall–Kier alpha value is -1.10. The summed E-state index contributed by atoms with van der Waals surface area (Å²) in [6.07, 6.45) is 7.35. The van der Waals surface area contributed by atoms with Crippen molar-refractivity contribution in [3.8, 4) is 0 Å². The van der Waals surface area contributed by atoms with Gasteiger partial charge in [0.05, 0.1) is 0 Å². The van der Waals surface area contributed by atoms with Gasteiger partial charge in [-0.25, -0.2) is 0 Å². The van der Waals surface area contributed by atoms with Crippen molar-refractivity contribution in [3.05, 3.63) is 0 Å². The van der Waals surface area contributed by atoms with E-state index in [1.807, 2.05) is 0 Å². The molecule has 0 heterocycles. The number of aliphatic carboxylic acids is 1. The van der Waals surface area contributed by atoms with Crippen LogP contribution in [0.5, 0.6) is 0 Å². The molecule has 2 unspecified atom stereocenters. The molecule has 0 bridgehead atoms. The first-order chi connectivity index (χ1) is 10.2. The first-order valence-corrected chi connectivity index (χ1v) is 8.38. The molecular weight excluding hydrogens is 282 g/mol. The molecular formula is C17H33NO4. The van der Waals surface area contributed by atoms with Crippen LogP contribution in [0.2, 0.25) is 0 Å². The van der Waals surface area contributed by atoms with Gasteiger partial charge in [-0.3, -0.25) is 9.59 Å². The second-order valence-electron chi connectivity index (χ2n) is 6.94. The zero-order valence-electron chi connectivity index (χ0n) is 14.6. The molecule has 0 radical (unpaired) electrons. The van der Waals surface area contributed by atoms with E-state index in [2.05, 4.69) is 6.92 Å². The van der Waals surface area contributed by atoms with Crippen LogP contribution in [0.4, 0.5) is 0 Å². The number of esters is 1. The summed E-state index contributed by atoms with van der Waals surface area (Å²) in [5.74, 6) is -2.77. The molecule has 0 aromatic heterocycles. The van der Waals surface area contributed by atoms with Crippen LogP contribution in [0.3, 0.4) is 0 Å². The van der Waals surface area contributed by atoms with Crippen molar-refractivity contribution in [3.63, 3.8) is 0 Å². The number of carboxylic acids is 1. The summed E-state index contributed by atoms with van der Waals surface area (Å²) in [5, 5.41) is 9.15. The number of unbranched alkanes of at least 4 members (excludes halogenated alkanes) is 4. The van der Waals surface area contributed by atoms with Crippen molar-refractivity contribution in [2.24, 2.45) is 11.7 Å². The second kappa shape index (κ2) is 10.6. The zero-order valence-corrected chi connectivity index (χ0v) is 14.6. The maximum atomic E-state index is 11.9. The van der Waals surface area contributed by atoms with Crippen molar-refractivity contribution < 1.29 is 19.4 Å². The maximum absolute atomic E-state index is 11.9. The van der Waals surface area contributed by atoms with Gasteiger partial charge in [0.1, 0.15) is 5.60 Å². The molecule has 0 aliphatic rings. The number of carbonyl (C=O) groups excluding carboxylic acids is 1. The van der Waals surface area contributed by atoms with Gasteiger partial charge in [0.25, 0.3) is 0 Å². The minimum atomic E-state index is -1.09. The van der Waals surface area contributed by atoms with Gasteiger partial charge in [-0.15, -0.1) is 0 Å². The molecule has 0 spiro atoms. The van der Waals surface area contributed by atoms with Crippen molar-refractivity contribution in [1.82, 2.24) is 0 Å². The van der Waals surface area contributed by atoms with Gasteiger partial charge in [0, 0.05) is 6.04 Å². The van der Waals surface area contributed by atoms with Crippen LogP contribution in [0.25, 0.3) is 0 Å². The third-order valence-electron chi connectivity index (χ3n) is 3.58. The molecule has 0 aromatic rings. The van der Waals surface area contributed by atoms with E-state index < -0.39 is 23.5 Å². The Bertz CT molecular complexity index is 336. The molecule has 0 saturated heterocycles. The minimum Gasteiger partial charge on any atom is -0.481 e. The smallest absolute Gasteiger partial charge is 0.320 e. The lowest BCUT2D eigenvalue weighted by Gasteiger charge is -2.22. The van der Waals surface area contributed by atoms with Gasteiger partial charge in [0.2, 0.25) is 0 Å². The molecule has 0 rings (SSSR count). The minimum absolute atomic E-state index is 0.295. The van der Waals surface area contributed by atoms with Crippen molar-refractivity contribution >= 4 is 11.9 Å². The Labute approximate surface area is 134 Å². The van der Waals surface area contributed by atoms with Crippen LogP contribution in [0.15, 0.2) is 0 Å². The van der Waals surface area contributed by atoms with E-state index in [0.29, 0.717) is 12.5 Å². The van der Waals surface area contributed by atoms with Crippen molar-refractivity contribution in [2.45, 2.75) is 90.7 Å². The van der Waals surface area contributed by atoms with Gasteiger partial charge in [-0.2, -0.15) is 0 Å². The van der Waals surface area contributed by atoms with Crippen molar-refractivity contribution in [2.75, 3.05) is 0 Å². The standard InChI is InChI=1S/C17H33NO4/c1-5-13(18)11-9-7-6-8-10-12-14(15(19)20)16(21)22-17(2,3)4/h13-14H,5-12,18H2,1-4H3,(H,19,20). The maximum Gasteiger partial charge on any atom is 0.320 e. The highest BCUT2D eigenvalue weighted by Gasteiger charge is 2.30. The Morgan fingerprint density at radius 3 is 2.00 bits per heavy atom. The number of rotatable bonds is 11. The lowest BCUT2D eigenvalue weighted by Crippen LogP contribution is -2.32. The largest absolute Gasteiger partial charge is 0.481 e. The molecule has 3 N–H and O–H groups in total. The molecule has 5 heteroatoms. The quantitative estimate of drug-likeness (QED) is 0.346. The summed E-state index contributed by atoms with van der Waals surface area (Å²) in [4.78, 5) is 23.0. The first-order valence-electron chi connectivity index (χ1n) is 8.38. The molecule has 0 amide bonds. The number of ether oxygens (including phenoxy) is 1. The second-order valence-corrected chi connectivity index (χ2v) is 6.94. The summed E-state index contributed by atoms with van der Waals surface area (Å²) in [6, 6.07) is 0.295. The summed E-state index contributed by atoms with van der Waals surface area (Å²) >= 11 is 0. The molecule has 0 fully saturated rings. The monoisotopic (exact) mass is 315 g/mol. The average molecular weight is 315 g/mol. The number of hydrogen-bond donors (Lipinski definition) is 2. The molecule has 0 saturated carbocycles. The van der Waals surface area contributed by atoms with Crippen LogP contribution in [-0.4, -0.2) is 28.7 Å². The predicted octanol–water partition coefficient (Wildman–Crippen LogP) is 3.50. The van der Waals surface area contributed by atoms with E-state index in [4.69, 9.17) is 15.6 Å². The third kappa shape index (κ3) is 10.6. The van der Waals surface area contributed by atoms with E-state index in [-0.39, 0.29) is 0 Å². The molecule has 130 valence electrons. The van der Waals surface area contributed by atoms with E-state index >= 15 is 0 Å². The van der Waals surface area contributed by atoms with E-state index in [1.54, 1.807) is 20.8 Å². The summed E-state index contributed by atoms with van der Waals surface area (Å²) in [5.41, 5.74) is 5.20. The summed E-state index contributed by atoms with van der Waals surface area (Å²) < 4.78 is 5.16. The molecule has 0 aliphatic heterocycles. The zero-order chi connectivity index (χ0) is 17.2. The van der Waals surface area contributed by atoms with Crippen molar-refractivity contribution in [1.29, 1.82) is 0 Å². The lowest BCUT2D eigenvalue weighted by atomic mass is 9.99. The third-order valence-corrected chi connectivity index (χ3v) is 3.58. The van der Waals surface area contributed by atoms with E-state index in [1.165, 1.54) is 0 Å². The molecule has 2 atom stereocenters. The van der Waals surface area contributed by atoms with Crippen LogP contribution in [-0.2, 0) is 14.3 Å². The van der Waals surface area contributed by atoms with E-state index in [0.717, 1.165) is 44.9 Å². The SMILES string of the molecule is CCC(N)CCCCCCCC(C(=O)O)C(=O)OC(C)(C)C. The lowest BCUT2D eigenvalue weighted by molar-refractivity contribution is -0.167. The van der Waals surface area contributed by atoms with Gasteiger partial charge < -0.3 is 15.6 Å². The van der Waals surface area contributed by atoms with Gasteiger partial charge in [0.15, 0.2) is 5.92 Å². The number of carbonyl (C=O) groups is 2. The fourth-order valence-electron chi connectivity index (χ4n) is 2.20. The van der Waals surface area contributed by atoms with E-state index in [9.17, 15) is 9.59 Å². The fourth-order valence-corrected chi connectivity index (χ4v) is 2.20. The molecule has 22 heavy (non-hydrogen) atoms. The first kappa shape index (κ1) is 20.9. The number of nitrogens with two attached hydrogens (primary N) is 1. The molecule has 0 aromatic carbocycles. The predicted molar refractivity (Wildman–Crippen MR) is 87.6 cm³/mol. The molecule has 0 aliphatic carbocycles. The van der Waals surface area contributed by atoms with Crippen LogP contribution < -0.4 is 5.73 Å². The Kier molecular flexibility index (Phi) is 10.1. The Morgan fingerprint density at radius 1 is 1.05 bits per heavy atom. The Balaban J connectivity index is 3.93. The van der Waals surface area contributed by atoms with Gasteiger partial charge >= 0.3 is 11.9 Å². The highest BCUT2D eigenvalue weighted by atomic mass is 16.6. The van der Waals surface area contributed by atoms with Gasteiger partial charge in [-0.1, -0.05) is 39.0 Å². The average Bonchev–Trinajstić information content (AvgIpc) is 2.38. The number of hydrogen-bond acceptors (Lipinski definition) is 4. The van der Waals surface area contributed by atoms with Crippen LogP contribution in [0, 0.1) is 5.92 Å².